The first-order chi connectivity index (χ1) is 16.7. The molecule has 3 aromatic heterocycles. The monoisotopic (exact) mass is 486 g/mol. The lowest BCUT2D eigenvalue weighted by molar-refractivity contribution is -0.142. The summed E-state index contributed by atoms with van der Waals surface area (Å²) in [5.41, 5.74) is 0.594. The first kappa shape index (κ1) is 22.8. The van der Waals surface area contributed by atoms with E-state index in [1.165, 1.54) is 25.5 Å². The third kappa shape index (κ3) is 3.86. The maximum atomic E-state index is 13.8. The Bertz CT molecular complexity index is 1410. The zero-order chi connectivity index (χ0) is 24.9. The Morgan fingerprint density at radius 3 is 2.54 bits per heavy atom. The molecule has 0 N–H and O–H groups in total. The number of methoxy groups -OCH3 is 2. The van der Waals surface area contributed by atoms with Gasteiger partial charge in [0.15, 0.2) is 34.3 Å². The van der Waals surface area contributed by atoms with Crippen LogP contribution in [0.1, 0.15) is 40.3 Å². The molecule has 4 aromatic rings. The minimum absolute atomic E-state index is 0.00460. The van der Waals surface area contributed by atoms with Gasteiger partial charge >= 0.3 is 6.18 Å². The van der Waals surface area contributed by atoms with Crippen molar-refractivity contribution in [1.82, 2.24) is 19.5 Å². The highest BCUT2D eigenvalue weighted by atomic mass is 19.4. The fourth-order valence-corrected chi connectivity index (χ4v) is 4.40. The second-order valence-corrected chi connectivity index (χ2v) is 8.13. The van der Waals surface area contributed by atoms with Crippen LogP contribution in [-0.2, 0) is 12.6 Å². The molecule has 1 atom stereocenters. The minimum atomic E-state index is -4.72. The first-order valence-corrected chi connectivity index (χ1v) is 10.8. The summed E-state index contributed by atoms with van der Waals surface area (Å²) >= 11 is 0. The number of hydrogen-bond donors (Lipinski definition) is 0. The lowest BCUT2D eigenvalue weighted by Gasteiger charge is -2.35. The van der Waals surface area contributed by atoms with Gasteiger partial charge in [0, 0.05) is 12.6 Å². The van der Waals surface area contributed by atoms with Crippen LogP contribution in [0.5, 0.6) is 11.5 Å². The number of amides is 1. The summed E-state index contributed by atoms with van der Waals surface area (Å²) in [6.45, 7) is 2.22. The number of fused-ring (bicyclic) bond motifs is 2. The van der Waals surface area contributed by atoms with Gasteiger partial charge in [-0.3, -0.25) is 4.79 Å². The summed E-state index contributed by atoms with van der Waals surface area (Å²) in [7, 11) is 3.08. The molecule has 0 bridgehead atoms. The maximum absolute atomic E-state index is 13.8. The third-order valence-electron chi connectivity index (χ3n) is 6.16. The predicted octanol–water partition coefficient (Wildman–Crippen LogP) is 4.78. The summed E-state index contributed by atoms with van der Waals surface area (Å²) in [5, 5.41) is 4.00. The number of rotatable bonds is 4. The number of nitrogens with zero attached hydrogens (tertiary/aromatic N) is 4. The molecule has 0 spiro atoms. The van der Waals surface area contributed by atoms with Crippen LogP contribution in [-0.4, -0.2) is 46.2 Å². The summed E-state index contributed by atoms with van der Waals surface area (Å²) < 4.78 is 58.1. The highest BCUT2D eigenvalue weighted by Crippen LogP contribution is 2.38. The zero-order valence-electron chi connectivity index (χ0n) is 19.1. The van der Waals surface area contributed by atoms with Crippen molar-refractivity contribution >= 4 is 11.6 Å². The topological polar surface area (TPSA) is 82.1 Å². The minimum Gasteiger partial charge on any atom is -0.493 e. The Morgan fingerprint density at radius 1 is 1.14 bits per heavy atom. The Morgan fingerprint density at radius 2 is 1.89 bits per heavy atom. The van der Waals surface area contributed by atoms with E-state index in [0.717, 1.165) is 17.2 Å². The number of furan rings is 1. The summed E-state index contributed by atoms with van der Waals surface area (Å²) in [6.07, 6.45) is -2.82. The summed E-state index contributed by atoms with van der Waals surface area (Å²) in [5.74, 6) is 0.815. The van der Waals surface area contributed by atoms with Gasteiger partial charge in [-0.1, -0.05) is 0 Å². The van der Waals surface area contributed by atoms with Crippen LogP contribution in [0, 0.1) is 0 Å². The van der Waals surface area contributed by atoms with Gasteiger partial charge in [0.25, 0.3) is 5.91 Å². The molecule has 4 heterocycles. The van der Waals surface area contributed by atoms with Gasteiger partial charge in [0.2, 0.25) is 0 Å². The highest BCUT2D eigenvalue weighted by Gasteiger charge is 2.37. The molecule has 1 aliphatic rings. The van der Waals surface area contributed by atoms with Crippen molar-refractivity contribution in [3.8, 4) is 23.0 Å². The fourth-order valence-electron chi connectivity index (χ4n) is 4.40. The van der Waals surface area contributed by atoms with Crippen LogP contribution in [0.15, 0.2) is 47.1 Å². The van der Waals surface area contributed by atoms with Gasteiger partial charge in [0.1, 0.15) is 5.69 Å². The van der Waals surface area contributed by atoms with Gasteiger partial charge < -0.3 is 18.8 Å². The lowest BCUT2D eigenvalue weighted by Crippen LogP contribution is -2.39. The average molecular weight is 486 g/mol. The molecule has 1 aromatic carbocycles. The summed E-state index contributed by atoms with van der Waals surface area (Å²) in [6, 6.07) is 8.53. The molecular weight excluding hydrogens is 465 g/mol. The highest BCUT2D eigenvalue weighted by molar-refractivity contribution is 5.94. The number of carbonyl (C=O) groups excluding carboxylic acids is 1. The number of alkyl halides is 3. The Balaban J connectivity index is 1.54. The number of aromatic nitrogens is 3. The fraction of sp³-hybridized carbons (Fsp3) is 0.292. The molecule has 182 valence electrons. The second-order valence-electron chi connectivity index (χ2n) is 8.13. The standard InChI is InChI=1S/C24H21F3N4O4/c1-13-15-10-20(34-3)19(33-2)9-14(15)6-7-30(13)23(32)17-12-22-28-16(18-5-4-8-35-18)11-21(24(25,26)27)31(22)29-17/h4-5,8-13H,6-7H2,1-3H3. The van der Waals surface area contributed by atoms with Crippen LogP contribution in [0.3, 0.4) is 0 Å². The zero-order valence-corrected chi connectivity index (χ0v) is 19.1. The Labute approximate surface area is 197 Å². The van der Waals surface area contributed by atoms with Gasteiger partial charge in [-0.15, -0.1) is 0 Å². The van der Waals surface area contributed by atoms with Crippen molar-refractivity contribution in [3.63, 3.8) is 0 Å². The van der Waals surface area contributed by atoms with Gasteiger partial charge in [0.05, 0.1) is 26.5 Å². The van der Waals surface area contributed by atoms with E-state index in [-0.39, 0.29) is 28.8 Å². The van der Waals surface area contributed by atoms with E-state index in [1.807, 2.05) is 19.1 Å². The van der Waals surface area contributed by atoms with Gasteiger partial charge in [-0.2, -0.15) is 18.3 Å². The number of hydrogen-bond acceptors (Lipinski definition) is 6. The predicted molar refractivity (Wildman–Crippen MR) is 118 cm³/mol. The van der Waals surface area contributed by atoms with E-state index >= 15 is 0 Å². The summed E-state index contributed by atoms with van der Waals surface area (Å²) in [4.78, 5) is 19.2. The van der Waals surface area contributed by atoms with E-state index in [0.29, 0.717) is 29.0 Å². The van der Waals surface area contributed by atoms with Crippen molar-refractivity contribution < 1.29 is 31.9 Å². The van der Waals surface area contributed by atoms with E-state index in [9.17, 15) is 18.0 Å². The number of carbonyl (C=O) groups is 1. The van der Waals surface area contributed by atoms with Crippen molar-refractivity contribution in [2.24, 2.45) is 0 Å². The quantitative estimate of drug-likeness (QED) is 0.413. The third-order valence-corrected chi connectivity index (χ3v) is 6.16. The normalized spacial score (nSPS) is 15.8. The van der Waals surface area contributed by atoms with Crippen molar-refractivity contribution in [2.45, 2.75) is 25.6 Å². The number of halogens is 3. The molecule has 0 fully saturated rings. The van der Waals surface area contributed by atoms with E-state index in [2.05, 4.69) is 10.1 Å². The smallest absolute Gasteiger partial charge is 0.433 e. The molecule has 0 radical (unpaired) electrons. The van der Waals surface area contributed by atoms with E-state index in [4.69, 9.17) is 13.9 Å². The maximum Gasteiger partial charge on any atom is 0.433 e. The second kappa shape index (κ2) is 8.33. The van der Waals surface area contributed by atoms with Gasteiger partial charge in [-0.25, -0.2) is 9.50 Å². The van der Waals surface area contributed by atoms with Crippen LogP contribution in [0.4, 0.5) is 13.2 Å². The molecule has 0 aliphatic carbocycles. The van der Waals surface area contributed by atoms with E-state index < -0.39 is 17.8 Å². The Kier molecular flexibility index (Phi) is 5.42. The lowest BCUT2D eigenvalue weighted by atomic mass is 9.92. The molecule has 5 rings (SSSR count). The van der Waals surface area contributed by atoms with Crippen LogP contribution < -0.4 is 9.47 Å². The largest absolute Gasteiger partial charge is 0.493 e. The number of ether oxygens (including phenoxy) is 2. The number of benzene rings is 1. The van der Waals surface area contributed by atoms with Crippen LogP contribution in [0.2, 0.25) is 0 Å². The molecule has 1 aliphatic heterocycles. The first-order valence-electron chi connectivity index (χ1n) is 10.8. The van der Waals surface area contributed by atoms with E-state index in [1.54, 1.807) is 18.1 Å². The SMILES string of the molecule is COc1cc2c(cc1OC)C(C)N(C(=O)c1cc3nc(-c4ccco4)cc(C(F)(F)F)n3n1)CC2. The van der Waals surface area contributed by atoms with Crippen molar-refractivity contribution in [1.29, 1.82) is 0 Å². The molecule has 35 heavy (non-hydrogen) atoms. The molecule has 8 nitrogen and oxygen atoms in total. The van der Waals surface area contributed by atoms with Crippen molar-refractivity contribution in [3.05, 3.63) is 65.2 Å². The molecular formula is C24H21F3N4O4. The molecule has 1 unspecified atom stereocenters. The average Bonchev–Trinajstić information content (AvgIpc) is 3.52. The van der Waals surface area contributed by atoms with Crippen LogP contribution in [0.25, 0.3) is 17.1 Å². The molecule has 0 saturated carbocycles. The molecule has 1 amide bonds. The Hall–Kier alpha value is -4.02. The molecule has 11 heteroatoms. The van der Waals surface area contributed by atoms with Gasteiger partial charge in [-0.05, 0) is 54.8 Å². The molecule has 0 saturated heterocycles. The van der Waals surface area contributed by atoms with Crippen LogP contribution >= 0.6 is 0 Å². The van der Waals surface area contributed by atoms with Crippen molar-refractivity contribution in [2.75, 3.05) is 20.8 Å².